The second-order valence-corrected chi connectivity index (χ2v) is 3.65. The van der Waals surface area contributed by atoms with Crippen LogP contribution in [-0.4, -0.2) is 28.4 Å². The Hall–Kier alpha value is 0.110. The van der Waals surface area contributed by atoms with Gasteiger partial charge in [-0.3, -0.25) is 0 Å². The van der Waals surface area contributed by atoms with E-state index in [0.29, 0.717) is 0 Å². The monoisotopic (exact) mass is 153 g/mol. The molecule has 5 heteroatoms. The highest BCUT2D eigenvalue weighted by Gasteiger charge is 2.14. The van der Waals surface area contributed by atoms with E-state index in [-0.39, 0.29) is 0 Å². The lowest BCUT2D eigenvalue weighted by molar-refractivity contribution is 0.224. The van der Waals surface area contributed by atoms with Crippen LogP contribution in [0.15, 0.2) is 4.74 Å². The van der Waals surface area contributed by atoms with Gasteiger partial charge in [-0.2, -0.15) is 0 Å². The summed E-state index contributed by atoms with van der Waals surface area (Å²) in [5.74, 6) is 0. The van der Waals surface area contributed by atoms with Crippen LogP contribution in [0.1, 0.15) is 0 Å². The smallest absolute Gasteiger partial charge is 0.306 e. The minimum atomic E-state index is -2.29. The van der Waals surface area contributed by atoms with Crippen molar-refractivity contribution < 1.29 is 13.6 Å². The Kier molecular flexibility index (Phi) is 4.06. The highest BCUT2D eigenvalue weighted by molar-refractivity contribution is 7.51. The fraction of sp³-hybridized carbons (Fsp3) is 1.00. The molecule has 0 fully saturated rings. The van der Waals surface area contributed by atoms with E-state index in [1.807, 2.05) is 0 Å². The Labute approximate surface area is 55.4 Å². The molecule has 0 spiro atoms. The normalized spacial score (nSPS) is 11.6. The highest BCUT2D eigenvalue weighted by atomic mass is 31.2. The van der Waals surface area contributed by atoms with Gasteiger partial charge in [0.2, 0.25) is 0 Å². The van der Waals surface area contributed by atoms with Gasteiger partial charge in [0.05, 0.1) is 0 Å². The fourth-order valence-electron chi connectivity index (χ4n) is 0.469. The predicted molar refractivity (Wildman–Crippen MR) is 36.3 cm³/mol. The molecule has 0 aliphatic carbocycles. The molecule has 0 atom stereocenters. The lowest BCUT2D eigenvalue weighted by Crippen LogP contribution is -1.90. The van der Waals surface area contributed by atoms with Crippen LogP contribution < -0.4 is 0 Å². The molecule has 9 heavy (non-hydrogen) atoms. The quantitative estimate of drug-likeness (QED) is 0.577. The number of nitrogens with zero attached hydrogens (tertiary/aromatic N) is 1. The van der Waals surface area contributed by atoms with Gasteiger partial charge in [0.15, 0.2) is 0 Å². The molecule has 0 heterocycles. The average molecular weight is 153 g/mol. The maximum atomic E-state index is 4.89. The van der Waals surface area contributed by atoms with Crippen molar-refractivity contribution in [3.63, 3.8) is 0 Å². The molecular formula is C4H12NO3P. The first-order chi connectivity index (χ1) is 4.24. The first kappa shape index (κ1) is 9.11. The third kappa shape index (κ3) is 2.06. The van der Waals surface area contributed by atoms with Crippen molar-refractivity contribution >= 4 is 7.74 Å². The number of hydrogen-bond donors (Lipinski definition) is 0. The summed E-state index contributed by atoms with van der Waals surface area (Å²) in [6, 6.07) is 0. The number of hydrogen-bond acceptors (Lipinski definition) is 4. The highest BCUT2D eigenvalue weighted by Crippen LogP contribution is 2.49. The molecule has 0 saturated carbocycles. The Morgan fingerprint density at radius 2 is 1.33 bits per heavy atom. The topological polar surface area (TPSA) is 40.0 Å². The van der Waals surface area contributed by atoms with E-state index < -0.39 is 7.74 Å². The summed E-state index contributed by atoms with van der Waals surface area (Å²) >= 11 is 0. The van der Waals surface area contributed by atoms with E-state index in [1.54, 1.807) is 7.05 Å². The molecule has 0 bridgehead atoms. The van der Waals surface area contributed by atoms with Crippen LogP contribution in [0.2, 0.25) is 0 Å². The summed E-state index contributed by atoms with van der Waals surface area (Å²) < 4.78 is 18.5. The molecule has 0 rings (SSSR count). The molecule has 0 saturated heterocycles. The standard InChI is InChI=1S/C4H12NO3P/c1-5-9(6-2,7-3)8-4/h1-4H3. The van der Waals surface area contributed by atoms with Gasteiger partial charge in [-0.25, -0.2) is 4.74 Å². The Morgan fingerprint density at radius 1 is 1.00 bits per heavy atom. The maximum Gasteiger partial charge on any atom is 0.354 e. The van der Waals surface area contributed by atoms with Crippen LogP contribution in [0.3, 0.4) is 0 Å². The zero-order chi connectivity index (χ0) is 7.33. The Morgan fingerprint density at radius 3 is 1.33 bits per heavy atom. The summed E-state index contributed by atoms with van der Waals surface area (Å²) in [5, 5.41) is 0. The van der Waals surface area contributed by atoms with Crippen LogP contribution in [0, 0.1) is 0 Å². The van der Waals surface area contributed by atoms with Gasteiger partial charge in [0, 0.05) is 28.4 Å². The molecule has 0 N–H and O–H groups in total. The minimum absolute atomic E-state index is 1.51. The van der Waals surface area contributed by atoms with Crippen molar-refractivity contribution in [2.24, 2.45) is 4.74 Å². The van der Waals surface area contributed by atoms with Crippen LogP contribution in [-0.2, 0) is 13.6 Å². The van der Waals surface area contributed by atoms with Crippen LogP contribution in [0.5, 0.6) is 0 Å². The van der Waals surface area contributed by atoms with Gasteiger partial charge in [-0.15, -0.1) is 0 Å². The van der Waals surface area contributed by atoms with Crippen molar-refractivity contribution in [2.45, 2.75) is 0 Å². The summed E-state index contributed by atoms with van der Waals surface area (Å²) in [5.41, 5.74) is 0. The third-order valence-electron chi connectivity index (χ3n) is 0.937. The first-order valence-electron chi connectivity index (χ1n) is 2.42. The van der Waals surface area contributed by atoms with Crippen molar-refractivity contribution in [1.82, 2.24) is 0 Å². The summed E-state index contributed by atoms with van der Waals surface area (Å²) in [6.07, 6.45) is 0. The minimum Gasteiger partial charge on any atom is -0.306 e. The van der Waals surface area contributed by atoms with E-state index in [2.05, 4.69) is 4.74 Å². The lowest BCUT2D eigenvalue weighted by Gasteiger charge is -2.15. The van der Waals surface area contributed by atoms with Crippen LogP contribution >= 0.6 is 7.74 Å². The van der Waals surface area contributed by atoms with Gasteiger partial charge in [-0.05, 0) is 0 Å². The van der Waals surface area contributed by atoms with Crippen LogP contribution in [0.25, 0.3) is 0 Å². The molecule has 0 aliphatic heterocycles. The van der Waals surface area contributed by atoms with Crippen molar-refractivity contribution in [1.29, 1.82) is 0 Å². The zero-order valence-corrected chi connectivity index (χ0v) is 7.01. The maximum absolute atomic E-state index is 4.89. The van der Waals surface area contributed by atoms with Gasteiger partial charge < -0.3 is 13.6 Å². The van der Waals surface area contributed by atoms with E-state index in [0.717, 1.165) is 0 Å². The molecular weight excluding hydrogens is 141 g/mol. The first-order valence-corrected chi connectivity index (χ1v) is 3.92. The third-order valence-corrected chi connectivity index (χ3v) is 2.81. The van der Waals surface area contributed by atoms with Gasteiger partial charge in [0.25, 0.3) is 0 Å². The molecule has 0 aromatic heterocycles. The molecule has 4 nitrogen and oxygen atoms in total. The van der Waals surface area contributed by atoms with Gasteiger partial charge in [-0.1, -0.05) is 0 Å². The summed E-state index contributed by atoms with van der Waals surface area (Å²) in [7, 11) is 3.83. The molecule has 56 valence electrons. The van der Waals surface area contributed by atoms with E-state index >= 15 is 0 Å². The second-order valence-electron chi connectivity index (χ2n) is 1.22. The molecule has 0 unspecified atom stereocenters. The second kappa shape index (κ2) is 4.01. The summed E-state index contributed by atoms with van der Waals surface area (Å²) in [6.45, 7) is 0. The van der Waals surface area contributed by atoms with E-state index in [1.165, 1.54) is 21.3 Å². The van der Waals surface area contributed by atoms with E-state index in [4.69, 9.17) is 13.6 Å². The van der Waals surface area contributed by atoms with Gasteiger partial charge in [0.1, 0.15) is 0 Å². The Bertz CT molecular complexity index is 106. The summed E-state index contributed by atoms with van der Waals surface area (Å²) in [4.78, 5) is 0. The van der Waals surface area contributed by atoms with E-state index in [9.17, 15) is 0 Å². The van der Waals surface area contributed by atoms with Crippen molar-refractivity contribution in [3.05, 3.63) is 0 Å². The predicted octanol–water partition coefficient (Wildman–Crippen LogP) is 1.50. The Balaban J connectivity index is 4.20. The molecule has 0 aliphatic rings. The number of rotatable bonds is 3. The largest absolute Gasteiger partial charge is 0.354 e. The molecule has 0 radical (unpaired) electrons. The van der Waals surface area contributed by atoms with Gasteiger partial charge >= 0.3 is 7.74 Å². The van der Waals surface area contributed by atoms with Crippen LogP contribution in [0.4, 0.5) is 0 Å². The fourth-order valence-corrected chi connectivity index (χ4v) is 1.41. The lowest BCUT2D eigenvalue weighted by atomic mass is 11.6. The zero-order valence-electron chi connectivity index (χ0n) is 6.12. The molecule has 0 aromatic carbocycles. The average Bonchev–Trinajstić information content (AvgIpc) is 1.95. The van der Waals surface area contributed by atoms with Crippen molar-refractivity contribution in [2.75, 3.05) is 28.4 Å². The molecule has 0 aromatic rings. The molecule has 0 amide bonds. The van der Waals surface area contributed by atoms with Crippen molar-refractivity contribution in [3.8, 4) is 0 Å². The SMILES string of the molecule is CN=P(OC)(OC)OC.